The minimum atomic E-state index is -0.352. The Morgan fingerprint density at radius 1 is 1.71 bits per heavy atom. The summed E-state index contributed by atoms with van der Waals surface area (Å²) < 4.78 is 5.25. The lowest BCUT2D eigenvalue weighted by Crippen LogP contribution is -2.40. The van der Waals surface area contributed by atoms with Gasteiger partial charge < -0.3 is 15.8 Å². The zero-order valence-corrected chi connectivity index (χ0v) is 8.79. The maximum atomic E-state index is 11.3. The Kier molecular flexibility index (Phi) is 4.90. The molecule has 1 aliphatic rings. The Balaban J connectivity index is 2.05. The van der Waals surface area contributed by atoms with E-state index in [4.69, 9.17) is 10.5 Å². The van der Waals surface area contributed by atoms with Gasteiger partial charge in [-0.3, -0.25) is 4.79 Å². The van der Waals surface area contributed by atoms with Gasteiger partial charge in [0.15, 0.2) is 0 Å². The van der Waals surface area contributed by atoms with Crippen LogP contribution in [0.25, 0.3) is 0 Å². The van der Waals surface area contributed by atoms with Gasteiger partial charge >= 0.3 is 0 Å². The first-order valence-electron chi connectivity index (χ1n) is 5.35. The minimum Gasteiger partial charge on any atom is -0.381 e. The number of ether oxygens (including phenoxy) is 1. The van der Waals surface area contributed by atoms with Gasteiger partial charge in [-0.15, -0.1) is 0 Å². The summed E-state index contributed by atoms with van der Waals surface area (Å²) in [5.74, 6) is 0.583. The highest BCUT2D eigenvalue weighted by molar-refractivity contribution is 5.81. The number of hydrogen-bond acceptors (Lipinski definition) is 3. The Morgan fingerprint density at radius 2 is 2.50 bits per heavy atom. The van der Waals surface area contributed by atoms with Gasteiger partial charge in [-0.25, -0.2) is 0 Å². The van der Waals surface area contributed by atoms with E-state index in [-0.39, 0.29) is 11.9 Å². The minimum absolute atomic E-state index is 0.0357. The van der Waals surface area contributed by atoms with Crippen molar-refractivity contribution in [1.29, 1.82) is 0 Å². The van der Waals surface area contributed by atoms with Crippen molar-refractivity contribution in [3.05, 3.63) is 0 Å². The van der Waals surface area contributed by atoms with Crippen molar-refractivity contribution in [3.8, 4) is 0 Å². The van der Waals surface area contributed by atoms with Crippen molar-refractivity contribution in [1.82, 2.24) is 5.32 Å². The van der Waals surface area contributed by atoms with Crippen LogP contribution in [0, 0.1) is 5.92 Å². The monoisotopic (exact) mass is 200 g/mol. The SMILES string of the molecule is CC[C@@H](N)C(=O)NCCC1CCOC1. The molecule has 0 aliphatic carbocycles. The second kappa shape index (κ2) is 5.98. The van der Waals surface area contributed by atoms with Gasteiger partial charge in [0.25, 0.3) is 0 Å². The van der Waals surface area contributed by atoms with E-state index < -0.39 is 0 Å². The molecule has 1 fully saturated rings. The molecule has 0 radical (unpaired) electrons. The van der Waals surface area contributed by atoms with Gasteiger partial charge in [-0.05, 0) is 25.2 Å². The molecule has 1 rings (SSSR count). The molecule has 1 saturated heterocycles. The second-order valence-corrected chi connectivity index (χ2v) is 3.82. The Labute approximate surface area is 85.2 Å². The summed E-state index contributed by atoms with van der Waals surface area (Å²) >= 11 is 0. The molecule has 4 heteroatoms. The van der Waals surface area contributed by atoms with E-state index in [2.05, 4.69) is 5.32 Å². The van der Waals surface area contributed by atoms with Crippen molar-refractivity contribution in [2.45, 2.75) is 32.2 Å². The van der Waals surface area contributed by atoms with E-state index in [1.165, 1.54) is 0 Å². The molecular formula is C10H20N2O2. The summed E-state index contributed by atoms with van der Waals surface area (Å²) in [5, 5.41) is 2.84. The topological polar surface area (TPSA) is 64.4 Å². The lowest BCUT2D eigenvalue weighted by Gasteiger charge is -2.11. The first-order valence-corrected chi connectivity index (χ1v) is 5.35. The van der Waals surface area contributed by atoms with E-state index in [0.717, 1.165) is 32.6 Å². The Bertz CT molecular complexity index is 179. The van der Waals surface area contributed by atoms with Crippen LogP contribution < -0.4 is 11.1 Å². The van der Waals surface area contributed by atoms with Crippen LogP contribution in [0.4, 0.5) is 0 Å². The molecule has 4 nitrogen and oxygen atoms in total. The highest BCUT2D eigenvalue weighted by Gasteiger charge is 2.16. The fourth-order valence-corrected chi connectivity index (χ4v) is 1.53. The molecule has 3 N–H and O–H groups in total. The first kappa shape index (κ1) is 11.5. The average Bonchev–Trinajstić information content (AvgIpc) is 2.69. The van der Waals surface area contributed by atoms with Crippen LogP contribution in [-0.2, 0) is 9.53 Å². The van der Waals surface area contributed by atoms with Crippen LogP contribution in [0.5, 0.6) is 0 Å². The summed E-state index contributed by atoms with van der Waals surface area (Å²) in [7, 11) is 0. The van der Waals surface area contributed by atoms with E-state index in [9.17, 15) is 4.79 Å². The predicted molar refractivity (Wildman–Crippen MR) is 54.8 cm³/mol. The van der Waals surface area contributed by atoms with Crippen molar-refractivity contribution < 1.29 is 9.53 Å². The molecule has 82 valence electrons. The molecule has 2 atom stereocenters. The van der Waals surface area contributed by atoms with Crippen molar-refractivity contribution >= 4 is 5.91 Å². The van der Waals surface area contributed by atoms with Gasteiger partial charge in [0.2, 0.25) is 5.91 Å². The fraction of sp³-hybridized carbons (Fsp3) is 0.900. The van der Waals surface area contributed by atoms with Crippen molar-refractivity contribution in [2.24, 2.45) is 11.7 Å². The van der Waals surface area contributed by atoms with Crippen LogP contribution in [0.15, 0.2) is 0 Å². The predicted octanol–water partition coefficient (Wildman–Crippen LogP) is 0.267. The smallest absolute Gasteiger partial charge is 0.236 e. The van der Waals surface area contributed by atoms with Gasteiger partial charge in [0.1, 0.15) is 0 Å². The van der Waals surface area contributed by atoms with Crippen LogP contribution in [0.3, 0.4) is 0 Å². The normalized spacial score (nSPS) is 23.4. The molecule has 0 saturated carbocycles. The van der Waals surface area contributed by atoms with Gasteiger partial charge in [-0.2, -0.15) is 0 Å². The number of nitrogens with two attached hydrogens (primary N) is 1. The van der Waals surface area contributed by atoms with Crippen LogP contribution in [0.2, 0.25) is 0 Å². The lowest BCUT2D eigenvalue weighted by atomic mass is 10.1. The van der Waals surface area contributed by atoms with E-state index >= 15 is 0 Å². The average molecular weight is 200 g/mol. The third-order valence-electron chi connectivity index (χ3n) is 2.65. The first-order chi connectivity index (χ1) is 6.74. The highest BCUT2D eigenvalue weighted by atomic mass is 16.5. The Hall–Kier alpha value is -0.610. The second-order valence-electron chi connectivity index (χ2n) is 3.82. The number of carbonyl (C=O) groups is 1. The van der Waals surface area contributed by atoms with E-state index in [1.54, 1.807) is 0 Å². The van der Waals surface area contributed by atoms with E-state index in [0.29, 0.717) is 12.3 Å². The van der Waals surface area contributed by atoms with Crippen molar-refractivity contribution in [3.63, 3.8) is 0 Å². The number of nitrogens with one attached hydrogen (secondary N) is 1. The van der Waals surface area contributed by atoms with E-state index in [1.807, 2.05) is 6.92 Å². The highest BCUT2D eigenvalue weighted by Crippen LogP contribution is 2.15. The zero-order chi connectivity index (χ0) is 10.4. The van der Waals surface area contributed by atoms with Crippen LogP contribution >= 0.6 is 0 Å². The lowest BCUT2D eigenvalue weighted by molar-refractivity contribution is -0.122. The number of amides is 1. The zero-order valence-electron chi connectivity index (χ0n) is 8.79. The molecule has 1 heterocycles. The standard InChI is InChI=1S/C10H20N2O2/c1-2-9(11)10(13)12-5-3-8-4-6-14-7-8/h8-9H,2-7,11H2,1H3,(H,12,13)/t8?,9-/m1/s1. The number of rotatable bonds is 5. The molecule has 1 amide bonds. The molecular weight excluding hydrogens is 180 g/mol. The van der Waals surface area contributed by atoms with Gasteiger partial charge in [0, 0.05) is 19.8 Å². The third-order valence-corrected chi connectivity index (χ3v) is 2.65. The fourth-order valence-electron chi connectivity index (χ4n) is 1.53. The largest absolute Gasteiger partial charge is 0.381 e. The number of carbonyl (C=O) groups excluding carboxylic acids is 1. The molecule has 1 unspecified atom stereocenters. The Morgan fingerprint density at radius 3 is 3.07 bits per heavy atom. The van der Waals surface area contributed by atoms with Crippen molar-refractivity contribution in [2.75, 3.05) is 19.8 Å². The molecule has 0 aromatic carbocycles. The summed E-state index contributed by atoms with van der Waals surface area (Å²) in [5.41, 5.74) is 5.57. The quantitative estimate of drug-likeness (QED) is 0.669. The maximum absolute atomic E-state index is 11.3. The van der Waals surface area contributed by atoms with Crippen LogP contribution in [0.1, 0.15) is 26.2 Å². The molecule has 0 spiro atoms. The summed E-state index contributed by atoms with van der Waals surface area (Å²) in [6, 6.07) is -0.352. The third kappa shape index (κ3) is 3.64. The maximum Gasteiger partial charge on any atom is 0.236 e. The molecule has 0 aromatic heterocycles. The van der Waals surface area contributed by atoms with Crippen LogP contribution in [-0.4, -0.2) is 31.7 Å². The number of hydrogen-bond donors (Lipinski definition) is 2. The van der Waals surface area contributed by atoms with Gasteiger partial charge in [-0.1, -0.05) is 6.92 Å². The summed E-state index contributed by atoms with van der Waals surface area (Å²) in [6.07, 6.45) is 2.82. The molecule has 0 bridgehead atoms. The molecule has 0 aromatic rings. The molecule has 1 aliphatic heterocycles. The summed E-state index contributed by atoms with van der Waals surface area (Å²) in [4.78, 5) is 11.3. The molecule has 14 heavy (non-hydrogen) atoms. The van der Waals surface area contributed by atoms with Gasteiger partial charge in [0.05, 0.1) is 6.04 Å². The summed E-state index contributed by atoms with van der Waals surface area (Å²) in [6.45, 7) is 4.35.